The van der Waals surface area contributed by atoms with Crippen molar-refractivity contribution < 1.29 is 4.79 Å². The molecule has 3 rings (SSSR count). The molecule has 2 aliphatic heterocycles. The molecule has 2 atom stereocenters. The summed E-state index contributed by atoms with van der Waals surface area (Å²) in [4.78, 5) is 14.6. The zero-order valence-corrected chi connectivity index (χ0v) is 12.1. The third-order valence-electron chi connectivity index (χ3n) is 4.46. The van der Waals surface area contributed by atoms with Gasteiger partial charge in [0.05, 0.1) is 5.92 Å². The lowest BCUT2D eigenvalue weighted by atomic mass is 9.97. The lowest BCUT2D eigenvalue weighted by molar-refractivity contribution is -0.120. The number of nitrogens with zero attached hydrogens (tertiary/aromatic N) is 1. The van der Waals surface area contributed by atoms with Crippen molar-refractivity contribution in [3.8, 4) is 0 Å². The van der Waals surface area contributed by atoms with Crippen molar-refractivity contribution in [1.29, 1.82) is 0 Å². The molecule has 2 saturated heterocycles. The summed E-state index contributed by atoms with van der Waals surface area (Å²) >= 11 is 0. The molecule has 1 amide bonds. The van der Waals surface area contributed by atoms with Crippen LogP contribution in [0.3, 0.4) is 0 Å². The summed E-state index contributed by atoms with van der Waals surface area (Å²) in [6.45, 7) is 6.15. The molecule has 0 saturated carbocycles. The number of hydrogen-bond donors (Lipinski definition) is 2. The van der Waals surface area contributed by atoms with Crippen molar-refractivity contribution in [2.24, 2.45) is 11.8 Å². The first kappa shape index (κ1) is 13.4. The van der Waals surface area contributed by atoms with Crippen LogP contribution in [-0.4, -0.2) is 32.1 Å². The first-order valence-corrected chi connectivity index (χ1v) is 7.60. The fourth-order valence-electron chi connectivity index (χ4n) is 3.13. The van der Waals surface area contributed by atoms with Crippen LogP contribution in [0.1, 0.15) is 19.8 Å². The number of benzene rings is 1. The predicted molar refractivity (Wildman–Crippen MR) is 82.0 cm³/mol. The van der Waals surface area contributed by atoms with Gasteiger partial charge < -0.3 is 15.5 Å². The highest BCUT2D eigenvalue weighted by atomic mass is 16.1. The molecule has 1 aromatic rings. The maximum absolute atomic E-state index is 12.2. The second-order valence-corrected chi connectivity index (χ2v) is 5.97. The molecule has 0 unspecified atom stereocenters. The first-order chi connectivity index (χ1) is 9.74. The second kappa shape index (κ2) is 5.83. The predicted octanol–water partition coefficient (Wildman–Crippen LogP) is 2.08. The van der Waals surface area contributed by atoms with Crippen LogP contribution in [0.2, 0.25) is 0 Å². The fraction of sp³-hybridized carbons (Fsp3) is 0.562. The van der Waals surface area contributed by atoms with Crippen LogP contribution >= 0.6 is 0 Å². The maximum Gasteiger partial charge on any atom is 0.229 e. The minimum Gasteiger partial charge on any atom is -0.372 e. The molecule has 0 radical (unpaired) electrons. The molecule has 1 aromatic carbocycles. The molecule has 2 heterocycles. The van der Waals surface area contributed by atoms with Gasteiger partial charge in [-0.2, -0.15) is 0 Å². The number of anilines is 2. The van der Waals surface area contributed by atoms with Crippen molar-refractivity contribution in [3.05, 3.63) is 24.3 Å². The van der Waals surface area contributed by atoms with Crippen molar-refractivity contribution in [2.75, 3.05) is 36.4 Å². The van der Waals surface area contributed by atoms with Gasteiger partial charge in [0.15, 0.2) is 0 Å². The van der Waals surface area contributed by atoms with Gasteiger partial charge in [-0.15, -0.1) is 0 Å². The molecule has 4 nitrogen and oxygen atoms in total. The Balaban J connectivity index is 1.61. The van der Waals surface area contributed by atoms with E-state index in [1.165, 1.54) is 18.5 Å². The van der Waals surface area contributed by atoms with Crippen LogP contribution in [-0.2, 0) is 4.79 Å². The average Bonchev–Trinajstić information content (AvgIpc) is 3.10. The Morgan fingerprint density at radius 1 is 1.20 bits per heavy atom. The van der Waals surface area contributed by atoms with Crippen LogP contribution in [0.4, 0.5) is 11.4 Å². The topological polar surface area (TPSA) is 44.4 Å². The van der Waals surface area contributed by atoms with E-state index in [1.54, 1.807) is 0 Å². The van der Waals surface area contributed by atoms with Gasteiger partial charge in [-0.3, -0.25) is 4.79 Å². The van der Waals surface area contributed by atoms with E-state index in [1.807, 2.05) is 12.1 Å². The molecule has 4 heteroatoms. The van der Waals surface area contributed by atoms with E-state index in [0.29, 0.717) is 5.92 Å². The van der Waals surface area contributed by atoms with Gasteiger partial charge >= 0.3 is 0 Å². The van der Waals surface area contributed by atoms with E-state index in [-0.39, 0.29) is 11.8 Å². The zero-order valence-electron chi connectivity index (χ0n) is 12.1. The highest BCUT2D eigenvalue weighted by Crippen LogP contribution is 2.23. The van der Waals surface area contributed by atoms with E-state index < -0.39 is 0 Å². The molecule has 0 aromatic heterocycles. The number of carbonyl (C=O) groups excluding carboxylic acids is 1. The molecule has 2 fully saturated rings. The molecular weight excluding hydrogens is 250 g/mol. The van der Waals surface area contributed by atoms with Crippen LogP contribution in [0, 0.1) is 11.8 Å². The summed E-state index contributed by atoms with van der Waals surface area (Å²) in [5, 5.41) is 6.30. The molecular formula is C16H23N3O. The van der Waals surface area contributed by atoms with Gasteiger partial charge in [-0.1, -0.05) is 6.92 Å². The lowest BCUT2D eigenvalue weighted by Crippen LogP contribution is -2.27. The molecule has 20 heavy (non-hydrogen) atoms. The van der Waals surface area contributed by atoms with Gasteiger partial charge in [-0.05, 0) is 49.6 Å². The highest BCUT2D eigenvalue weighted by Gasteiger charge is 2.29. The molecule has 0 aliphatic carbocycles. The Bertz CT molecular complexity index is 465. The third kappa shape index (κ3) is 2.80. The van der Waals surface area contributed by atoms with Crippen LogP contribution < -0.4 is 15.5 Å². The van der Waals surface area contributed by atoms with Crippen molar-refractivity contribution in [1.82, 2.24) is 5.32 Å². The van der Waals surface area contributed by atoms with Crippen LogP contribution in [0.15, 0.2) is 24.3 Å². The molecule has 0 spiro atoms. The van der Waals surface area contributed by atoms with Crippen LogP contribution in [0.5, 0.6) is 0 Å². The Kier molecular flexibility index (Phi) is 3.92. The zero-order chi connectivity index (χ0) is 13.9. The van der Waals surface area contributed by atoms with Crippen molar-refractivity contribution >= 4 is 17.3 Å². The van der Waals surface area contributed by atoms with E-state index in [0.717, 1.165) is 31.9 Å². The largest absolute Gasteiger partial charge is 0.372 e. The number of nitrogens with one attached hydrogen (secondary N) is 2. The van der Waals surface area contributed by atoms with Crippen molar-refractivity contribution in [3.63, 3.8) is 0 Å². The quantitative estimate of drug-likeness (QED) is 0.886. The Hall–Kier alpha value is -1.55. The van der Waals surface area contributed by atoms with Gasteiger partial charge in [-0.25, -0.2) is 0 Å². The van der Waals surface area contributed by atoms with Crippen LogP contribution in [0.25, 0.3) is 0 Å². The Labute approximate surface area is 120 Å². The minimum absolute atomic E-state index is 0.0910. The van der Waals surface area contributed by atoms with E-state index in [4.69, 9.17) is 0 Å². The second-order valence-electron chi connectivity index (χ2n) is 5.97. The lowest BCUT2D eigenvalue weighted by Gasteiger charge is -2.18. The smallest absolute Gasteiger partial charge is 0.229 e. The number of rotatable bonds is 3. The third-order valence-corrected chi connectivity index (χ3v) is 4.46. The monoisotopic (exact) mass is 273 g/mol. The van der Waals surface area contributed by atoms with E-state index >= 15 is 0 Å². The number of hydrogen-bond acceptors (Lipinski definition) is 3. The van der Waals surface area contributed by atoms with E-state index in [2.05, 4.69) is 34.6 Å². The maximum atomic E-state index is 12.2. The summed E-state index contributed by atoms with van der Waals surface area (Å²) < 4.78 is 0. The van der Waals surface area contributed by atoms with Crippen molar-refractivity contribution in [2.45, 2.75) is 19.8 Å². The number of amides is 1. The normalized spacial score (nSPS) is 25.9. The molecule has 108 valence electrons. The summed E-state index contributed by atoms with van der Waals surface area (Å²) in [7, 11) is 0. The van der Waals surface area contributed by atoms with Gasteiger partial charge in [0.1, 0.15) is 0 Å². The summed E-state index contributed by atoms with van der Waals surface area (Å²) in [6, 6.07) is 8.24. The average molecular weight is 273 g/mol. The summed E-state index contributed by atoms with van der Waals surface area (Å²) in [5.41, 5.74) is 2.16. The van der Waals surface area contributed by atoms with Gasteiger partial charge in [0.25, 0.3) is 0 Å². The number of carbonyl (C=O) groups is 1. The molecule has 2 N–H and O–H groups in total. The SMILES string of the molecule is C[C@@H]1CNC[C@H]1C(=O)Nc1ccc(N2CCCC2)cc1. The van der Waals surface area contributed by atoms with E-state index in [9.17, 15) is 4.79 Å². The Morgan fingerprint density at radius 2 is 1.90 bits per heavy atom. The standard InChI is InChI=1S/C16H23N3O/c1-12-10-17-11-15(12)16(20)18-13-4-6-14(7-5-13)19-8-2-3-9-19/h4-7,12,15,17H,2-3,8-11H2,1H3,(H,18,20)/t12-,15-/m1/s1. The summed E-state index contributed by atoms with van der Waals surface area (Å²) in [6.07, 6.45) is 2.57. The fourth-order valence-corrected chi connectivity index (χ4v) is 3.13. The minimum atomic E-state index is 0.0910. The highest BCUT2D eigenvalue weighted by molar-refractivity contribution is 5.93. The van der Waals surface area contributed by atoms with Gasteiger partial charge in [0, 0.05) is 31.0 Å². The molecule has 0 bridgehead atoms. The Morgan fingerprint density at radius 3 is 2.50 bits per heavy atom. The first-order valence-electron chi connectivity index (χ1n) is 7.60. The van der Waals surface area contributed by atoms with Gasteiger partial charge in [0.2, 0.25) is 5.91 Å². The summed E-state index contributed by atoms with van der Waals surface area (Å²) in [5.74, 6) is 0.642. The molecule has 2 aliphatic rings.